The molecule has 0 amide bonds. The first-order valence-electron chi connectivity index (χ1n) is 5.12. The number of para-hydroxylation sites is 1. The second-order valence-corrected chi connectivity index (χ2v) is 3.51. The molecule has 1 atom stereocenters. The first-order valence-corrected chi connectivity index (χ1v) is 5.12. The van der Waals surface area contributed by atoms with Crippen molar-refractivity contribution in [2.24, 2.45) is 0 Å². The molecule has 0 spiro atoms. The summed E-state index contributed by atoms with van der Waals surface area (Å²) in [5.41, 5.74) is 1.29. The molecule has 1 aliphatic heterocycles. The van der Waals surface area contributed by atoms with E-state index in [9.17, 15) is 9.90 Å². The van der Waals surface area contributed by atoms with Gasteiger partial charge in [-0.05, 0) is 6.07 Å². The molecular weight excluding hydrogens is 220 g/mol. The highest BCUT2D eigenvalue weighted by molar-refractivity contribution is 5.86. The number of carbonyl (C=O) groups excluding carboxylic acids is 1. The number of ether oxygens (including phenoxy) is 2. The molecule has 1 unspecified atom stereocenters. The van der Waals surface area contributed by atoms with Crippen LogP contribution in [0.25, 0.3) is 6.08 Å². The third-order valence-electron chi connectivity index (χ3n) is 2.39. The molecule has 1 aromatic rings. The average molecular weight is 232 g/mol. The minimum absolute atomic E-state index is 0.431. The van der Waals surface area contributed by atoms with Gasteiger partial charge < -0.3 is 14.6 Å². The topological polar surface area (TPSA) is 55.8 Å². The Hall–Kier alpha value is -2.07. The molecule has 4 heteroatoms. The first kappa shape index (κ1) is 11.4. The van der Waals surface area contributed by atoms with Gasteiger partial charge in [0.2, 0.25) is 6.29 Å². The third-order valence-corrected chi connectivity index (χ3v) is 2.39. The van der Waals surface area contributed by atoms with Gasteiger partial charge in [0.05, 0.1) is 7.11 Å². The van der Waals surface area contributed by atoms with E-state index in [1.807, 2.05) is 24.3 Å². The Morgan fingerprint density at radius 2 is 2.12 bits per heavy atom. The Bertz CT molecular complexity index is 488. The summed E-state index contributed by atoms with van der Waals surface area (Å²) in [6.45, 7) is 0. The van der Waals surface area contributed by atoms with E-state index in [0.717, 1.165) is 11.3 Å². The second-order valence-electron chi connectivity index (χ2n) is 3.51. The molecule has 0 aliphatic carbocycles. The number of hydrogen-bond donors (Lipinski definition) is 1. The lowest BCUT2D eigenvalue weighted by Gasteiger charge is -2.05. The summed E-state index contributed by atoms with van der Waals surface area (Å²) in [5, 5.41) is 9.37. The lowest BCUT2D eigenvalue weighted by Crippen LogP contribution is -2.08. The standard InChI is InChI=1S/C13H12O4/c1-16-11-5-3-2-4-9(11)6-7-10-8-12(14)17-13(10)15/h2-8,13,15H,1H3/b7-6+. The molecule has 0 saturated carbocycles. The molecule has 1 aliphatic rings. The van der Waals surface area contributed by atoms with Crippen LogP contribution in [0, 0.1) is 0 Å². The predicted octanol–water partition coefficient (Wildman–Crippen LogP) is 1.51. The highest BCUT2D eigenvalue weighted by Crippen LogP contribution is 2.21. The maximum Gasteiger partial charge on any atom is 0.333 e. The van der Waals surface area contributed by atoms with Crippen LogP contribution in [0.15, 0.2) is 42.0 Å². The lowest BCUT2D eigenvalue weighted by molar-refractivity contribution is -0.150. The van der Waals surface area contributed by atoms with Crippen LogP contribution in [0.5, 0.6) is 5.75 Å². The van der Waals surface area contributed by atoms with Crippen molar-refractivity contribution in [3.63, 3.8) is 0 Å². The van der Waals surface area contributed by atoms with Gasteiger partial charge >= 0.3 is 5.97 Å². The van der Waals surface area contributed by atoms with Crippen LogP contribution >= 0.6 is 0 Å². The summed E-state index contributed by atoms with van der Waals surface area (Å²) in [6, 6.07) is 7.45. The molecule has 1 heterocycles. The molecule has 0 saturated heterocycles. The summed E-state index contributed by atoms with van der Waals surface area (Å²) in [5.74, 6) is 0.196. The first-order chi connectivity index (χ1) is 8.20. The van der Waals surface area contributed by atoms with Crippen LogP contribution in [-0.2, 0) is 9.53 Å². The minimum Gasteiger partial charge on any atom is -0.496 e. The predicted molar refractivity (Wildman–Crippen MR) is 62.2 cm³/mol. The average Bonchev–Trinajstić information content (AvgIpc) is 2.65. The number of rotatable bonds is 3. The van der Waals surface area contributed by atoms with Gasteiger partial charge in [0.1, 0.15) is 5.75 Å². The highest BCUT2D eigenvalue weighted by atomic mass is 16.6. The molecule has 1 N–H and O–H groups in total. The number of aliphatic hydroxyl groups excluding tert-OH is 1. The number of hydrogen-bond acceptors (Lipinski definition) is 4. The zero-order valence-corrected chi connectivity index (χ0v) is 9.29. The third kappa shape index (κ3) is 2.54. The van der Waals surface area contributed by atoms with Crippen molar-refractivity contribution in [3.05, 3.63) is 47.6 Å². The van der Waals surface area contributed by atoms with E-state index in [0.29, 0.717) is 5.57 Å². The van der Waals surface area contributed by atoms with Gasteiger partial charge in [-0.25, -0.2) is 4.79 Å². The summed E-state index contributed by atoms with van der Waals surface area (Å²) >= 11 is 0. The summed E-state index contributed by atoms with van der Waals surface area (Å²) in [7, 11) is 1.59. The van der Waals surface area contributed by atoms with Crippen LogP contribution in [0.4, 0.5) is 0 Å². The maximum absolute atomic E-state index is 10.9. The molecule has 2 rings (SSSR count). The zero-order valence-electron chi connectivity index (χ0n) is 9.29. The van der Waals surface area contributed by atoms with E-state index >= 15 is 0 Å². The zero-order chi connectivity index (χ0) is 12.3. The minimum atomic E-state index is -1.17. The Morgan fingerprint density at radius 3 is 2.76 bits per heavy atom. The van der Waals surface area contributed by atoms with Gasteiger partial charge in [-0.2, -0.15) is 0 Å². The van der Waals surface area contributed by atoms with Gasteiger partial charge in [-0.3, -0.25) is 0 Å². The van der Waals surface area contributed by atoms with Gasteiger partial charge in [0.15, 0.2) is 0 Å². The van der Waals surface area contributed by atoms with Crippen molar-refractivity contribution in [2.75, 3.05) is 7.11 Å². The molecule has 0 bridgehead atoms. The monoisotopic (exact) mass is 232 g/mol. The van der Waals surface area contributed by atoms with Crippen molar-refractivity contribution in [1.29, 1.82) is 0 Å². The highest BCUT2D eigenvalue weighted by Gasteiger charge is 2.21. The Morgan fingerprint density at radius 1 is 1.35 bits per heavy atom. The maximum atomic E-state index is 10.9. The van der Waals surface area contributed by atoms with E-state index in [1.54, 1.807) is 19.3 Å². The summed E-state index contributed by atoms with van der Waals surface area (Å²) < 4.78 is 9.74. The largest absolute Gasteiger partial charge is 0.496 e. The summed E-state index contributed by atoms with van der Waals surface area (Å²) in [4.78, 5) is 10.9. The van der Waals surface area contributed by atoms with Crippen molar-refractivity contribution >= 4 is 12.0 Å². The van der Waals surface area contributed by atoms with Crippen LogP contribution < -0.4 is 4.74 Å². The van der Waals surface area contributed by atoms with Crippen LogP contribution in [0.3, 0.4) is 0 Å². The van der Waals surface area contributed by atoms with Gasteiger partial charge in [0, 0.05) is 17.2 Å². The molecule has 1 aromatic carbocycles. The molecule has 0 radical (unpaired) electrons. The number of benzene rings is 1. The fraction of sp³-hybridized carbons (Fsp3) is 0.154. The van der Waals surface area contributed by atoms with E-state index in [1.165, 1.54) is 6.08 Å². The SMILES string of the molecule is COc1ccccc1/C=C/C1=CC(=O)OC1O. The Balaban J connectivity index is 2.21. The van der Waals surface area contributed by atoms with Crippen LogP contribution in [0.2, 0.25) is 0 Å². The van der Waals surface area contributed by atoms with E-state index in [2.05, 4.69) is 4.74 Å². The van der Waals surface area contributed by atoms with Gasteiger partial charge in [-0.1, -0.05) is 30.4 Å². The molecule has 4 nitrogen and oxygen atoms in total. The van der Waals surface area contributed by atoms with E-state index in [-0.39, 0.29) is 0 Å². The number of carbonyl (C=O) groups is 1. The van der Waals surface area contributed by atoms with E-state index in [4.69, 9.17) is 4.74 Å². The second kappa shape index (κ2) is 4.84. The lowest BCUT2D eigenvalue weighted by atomic mass is 10.1. The van der Waals surface area contributed by atoms with Gasteiger partial charge in [-0.15, -0.1) is 0 Å². The van der Waals surface area contributed by atoms with Crippen molar-refractivity contribution in [3.8, 4) is 5.75 Å². The van der Waals surface area contributed by atoms with Gasteiger partial charge in [0.25, 0.3) is 0 Å². The van der Waals surface area contributed by atoms with Crippen molar-refractivity contribution < 1.29 is 19.4 Å². The smallest absolute Gasteiger partial charge is 0.333 e. The van der Waals surface area contributed by atoms with Crippen molar-refractivity contribution in [1.82, 2.24) is 0 Å². The molecule has 0 aromatic heterocycles. The fourth-order valence-corrected chi connectivity index (χ4v) is 1.54. The number of methoxy groups -OCH3 is 1. The fourth-order valence-electron chi connectivity index (χ4n) is 1.54. The summed E-state index contributed by atoms with van der Waals surface area (Å²) in [6.07, 6.45) is 3.48. The number of cyclic esters (lactones) is 1. The number of aliphatic hydroxyl groups is 1. The molecule has 0 fully saturated rings. The van der Waals surface area contributed by atoms with E-state index < -0.39 is 12.3 Å². The number of esters is 1. The molecular formula is C13H12O4. The molecule has 88 valence electrons. The van der Waals surface area contributed by atoms with Crippen LogP contribution in [-0.4, -0.2) is 24.5 Å². The normalized spacial score (nSPS) is 19.3. The molecule has 17 heavy (non-hydrogen) atoms. The quantitative estimate of drug-likeness (QED) is 0.802. The Labute approximate surface area is 98.8 Å². The Kier molecular flexibility index (Phi) is 3.25. The van der Waals surface area contributed by atoms with Crippen molar-refractivity contribution in [2.45, 2.75) is 6.29 Å². The van der Waals surface area contributed by atoms with Crippen LogP contribution in [0.1, 0.15) is 5.56 Å².